The summed E-state index contributed by atoms with van der Waals surface area (Å²) in [6, 6.07) is 3.29. The molecule has 1 amide bonds. The molecule has 0 atom stereocenters. The van der Waals surface area contributed by atoms with Crippen LogP contribution < -0.4 is 11.5 Å². The number of aromatic nitrogens is 3. The third-order valence-corrected chi connectivity index (χ3v) is 5.22. The van der Waals surface area contributed by atoms with E-state index in [2.05, 4.69) is 15.2 Å². The number of allylic oxidation sites excluding steroid dienone is 2. The number of carbonyl (C=O) groups is 1. The number of amides is 1. The Balaban J connectivity index is 2.15. The number of nitrogens with zero attached hydrogens (tertiary/aromatic N) is 2. The van der Waals surface area contributed by atoms with Crippen molar-refractivity contribution in [2.45, 2.75) is 31.9 Å². The molecule has 2 aromatic heterocycles. The fourth-order valence-corrected chi connectivity index (χ4v) is 3.96. The first-order valence-corrected chi connectivity index (χ1v) is 8.94. The first kappa shape index (κ1) is 18.9. The minimum Gasteiger partial charge on any atom is -0.394 e. The summed E-state index contributed by atoms with van der Waals surface area (Å²) in [4.78, 5) is 16.3. The van der Waals surface area contributed by atoms with Crippen molar-refractivity contribution in [3.8, 4) is 0 Å². The third-order valence-electron chi connectivity index (χ3n) is 5.22. The fourth-order valence-electron chi connectivity index (χ4n) is 3.96. The largest absolute Gasteiger partial charge is 0.431 e. The Kier molecular flexibility index (Phi) is 4.29. The first-order chi connectivity index (χ1) is 13.7. The molecule has 1 aromatic carbocycles. The van der Waals surface area contributed by atoms with E-state index in [-0.39, 0.29) is 11.4 Å². The van der Waals surface area contributed by atoms with Gasteiger partial charge in [-0.15, -0.1) is 0 Å². The molecule has 1 aliphatic rings. The molecule has 0 saturated heterocycles. The van der Waals surface area contributed by atoms with Crippen molar-refractivity contribution in [2.75, 3.05) is 0 Å². The molecule has 0 bridgehead atoms. The van der Waals surface area contributed by atoms with Crippen LogP contribution in [0, 0.1) is 5.41 Å². The summed E-state index contributed by atoms with van der Waals surface area (Å²) in [5, 5.41) is 15.5. The highest BCUT2D eigenvalue weighted by Crippen LogP contribution is 2.38. The van der Waals surface area contributed by atoms with E-state index >= 15 is 0 Å². The van der Waals surface area contributed by atoms with Crippen LogP contribution in [0.4, 0.5) is 13.2 Å². The number of nitrogens with two attached hydrogens (primary N) is 2. The Labute approximate surface area is 162 Å². The molecule has 0 fully saturated rings. The van der Waals surface area contributed by atoms with Crippen molar-refractivity contribution < 1.29 is 18.0 Å². The molecule has 0 radical (unpaired) electrons. The fraction of sp³-hybridized carbons (Fsp3) is 0.263. The van der Waals surface area contributed by atoms with Crippen molar-refractivity contribution in [1.82, 2.24) is 15.2 Å². The molecule has 0 unspecified atom stereocenters. The number of carbonyl (C=O) groups excluding carboxylic acids is 1. The maximum Gasteiger partial charge on any atom is 0.431 e. The number of benzene rings is 1. The van der Waals surface area contributed by atoms with E-state index in [1.807, 2.05) is 0 Å². The second kappa shape index (κ2) is 6.57. The summed E-state index contributed by atoms with van der Waals surface area (Å²) in [5.74, 6) is -0.709. The minimum absolute atomic E-state index is 0.0560. The van der Waals surface area contributed by atoms with Crippen LogP contribution in [0.5, 0.6) is 0 Å². The van der Waals surface area contributed by atoms with E-state index in [4.69, 9.17) is 16.9 Å². The van der Waals surface area contributed by atoms with Crippen molar-refractivity contribution in [1.29, 1.82) is 5.41 Å². The molecule has 0 spiro atoms. The average Bonchev–Trinajstić information content (AvgIpc) is 3.12. The van der Waals surface area contributed by atoms with Crippen molar-refractivity contribution in [3.63, 3.8) is 0 Å². The van der Waals surface area contributed by atoms with Crippen LogP contribution in [0.15, 0.2) is 17.8 Å². The van der Waals surface area contributed by atoms with Crippen LogP contribution in [0.25, 0.3) is 27.4 Å². The molecule has 3 aromatic rings. The van der Waals surface area contributed by atoms with E-state index < -0.39 is 23.4 Å². The highest BCUT2D eigenvalue weighted by atomic mass is 19.4. The Bertz CT molecular complexity index is 1210. The van der Waals surface area contributed by atoms with Gasteiger partial charge >= 0.3 is 6.18 Å². The van der Waals surface area contributed by atoms with E-state index in [1.54, 1.807) is 12.1 Å². The van der Waals surface area contributed by atoms with Gasteiger partial charge in [0, 0.05) is 22.6 Å². The highest BCUT2D eigenvalue weighted by molar-refractivity contribution is 6.17. The minimum atomic E-state index is -4.78. The van der Waals surface area contributed by atoms with Crippen LogP contribution in [0.1, 0.15) is 40.2 Å². The highest BCUT2D eigenvalue weighted by Gasteiger charge is 2.35. The number of alkyl halides is 3. The number of fused-ring (bicyclic) bond motifs is 5. The van der Waals surface area contributed by atoms with Gasteiger partial charge in [-0.05, 0) is 48.9 Å². The van der Waals surface area contributed by atoms with Crippen LogP contribution in [-0.2, 0) is 12.8 Å². The molecule has 150 valence electrons. The molecule has 2 heterocycles. The summed E-state index contributed by atoms with van der Waals surface area (Å²) < 4.78 is 39.7. The SMILES string of the molecule is N=CC(=C(N)C(F)(F)F)c1nc2ccc3[nH]nc(C(N)=O)c3c2c2c1CCCC2. The monoisotopic (exact) mass is 402 g/mol. The van der Waals surface area contributed by atoms with Crippen molar-refractivity contribution in [3.05, 3.63) is 40.3 Å². The van der Waals surface area contributed by atoms with E-state index in [0.29, 0.717) is 46.4 Å². The number of nitrogens with one attached hydrogen (secondary N) is 2. The zero-order chi connectivity index (χ0) is 20.9. The number of primary amides is 1. The first-order valence-electron chi connectivity index (χ1n) is 8.94. The molecule has 7 nitrogen and oxygen atoms in total. The maximum absolute atomic E-state index is 13.2. The molecule has 4 rings (SSSR count). The van der Waals surface area contributed by atoms with Gasteiger partial charge < -0.3 is 16.9 Å². The topological polar surface area (TPSA) is 135 Å². The second-order valence-corrected chi connectivity index (χ2v) is 6.91. The number of halogens is 3. The second-order valence-electron chi connectivity index (χ2n) is 6.91. The van der Waals surface area contributed by atoms with Gasteiger partial charge in [-0.3, -0.25) is 9.89 Å². The lowest BCUT2D eigenvalue weighted by Crippen LogP contribution is -2.23. The predicted molar refractivity (Wildman–Crippen MR) is 103 cm³/mol. The van der Waals surface area contributed by atoms with Gasteiger partial charge in [-0.25, -0.2) is 4.98 Å². The number of aryl methyl sites for hydroxylation is 1. The lowest BCUT2D eigenvalue weighted by atomic mass is 9.85. The van der Waals surface area contributed by atoms with Gasteiger partial charge in [0.25, 0.3) is 5.91 Å². The number of hydrogen-bond acceptors (Lipinski definition) is 5. The standard InChI is InChI=1S/C19H17F3N6O/c20-19(21,22)17(24)10(7-23)15-9-4-2-1-3-8(9)13-11(26-15)5-6-12-14(13)16(18(25)29)28-27-12/h5-7,23H,1-4,24H2,(H2,25,29)(H,27,28). The van der Waals surface area contributed by atoms with Crippen LogP contribution in [-0.4, -0.2) is 33.5 Å². The molecule has 0 saturated carbocycles. The Hall–Kier alpha value is -3.43. The third kappa shape index (κ3) is 2.91. The normalized spacial score (nSPS) is 15.3. The Morgan fingerprint density at radius 1 is 1.10 bits per heavy atom. The van der Waals surface area contributed by atoms with E-state index in [1.165, 1.54) is 0 Å². The number of H-pyrrole nitrogens is 1. The smallest absolute Gasteiger partial charge is 0.394 e. The van der Waals surface area contributed by atoms with E-state index in [9.17, 15) is 18.0 Å². The van der Waals surface area contributed by atoms with Crippen LogP contribution in [0.3, 0.4) is 0 Å². The number of hydrogen-bond donors (Lipinski definition) is 4. The molecule has 1 aliphatic carbocycles. The molecule has 29 heavy (non-hydrogen) atoms. The summed E-state index contributed by atoms with van der Waals surface area (Å²) in [7, 11) is 0. The quantitative estimate of drug-likeness (QED) is 0.501. The lowest BCUT2D eigenvalue weighted by Gasteiger charge is -2.23. The lowest BCUT2D eigenvalue weighted by molar-refractivity contribution is -0.0919. The number of rotatable bonds is 3. The van der Waals surface area contributed by atoms with Crippen LogP contribution >= 0.6 is 0 Å². The van der Waals surface area contributed by atoms with Gasteiger partial charge in [0.1, 0.15) is 5.70 Å². The average molecular weight is 402 g/mol. The summed E-state index contributed by atoms with van der Waals surface area (Å²) >= 11 is 0. The molecule has 10 heteroatoms. The summed E-state index contributed by atoms with van der Waals surface area (Å²) in [6.45, 7) is 0. The van der Waals surface area contributed by atoms with Gasteiger partial charge in [0.15, 0.2) is 5.69 Å². The predicted octanol–water partition coefficient (Wildman–Crippen LogP) is 2.97. The Morgan fingerprint density at radius 3 is 2.41 bits per heavy atom. The summed E-state index contributed by atoms with van der Waals surface area (Å²) in [6.07, 6.45) is -1.48. The van der Waals surface area contributed by atoms with Crippen molar-refractivity contribution in [2.24, 2.45) is 11.5 Å². The maximum atomic E-state index is 13.2. The van der Waals surface area contributed by atoms with Crippen LogP contribution in [0.2, 0.25) is 0 Å². The summed E-state index contributed by atoms with van der Waals surface area (Å²) in [5.41, 5.74) is 11.5. The van der Waals surface area contributed by atoms with Gasteiger partial charge in [-0.1, -0.05) is 0 Å². The molecule has 6 N–H and O–H groups in total. The molecule has 0 aliphatic heterocycles. The Morgan fingerprint density at radius 2 is 1.79 bits per heavy atom. The van der Waals surface area contributed by atoms with E-state index in [0.717, 1.165) is 18.4 Å². The zero-order valence-electron chi connectivity index (χ0n) is 15.2. The van der Waals surface area contributed by atoms with Gasteiger partial charge in [-0.2, -0.15) is 18.3 Å². The number of pyridine rings is 1. The molecular formula is C19H17F3N6O. The van der Waals surface area contributed by atoms with Gasteiger partial charge in [0.2, 0.25) is 0 Å². The van der Waals surface area contributed by atoms with Gasteiger partial charge in [0.05, 0.1) is 16.7 Å². The number of aromatic amines is 1. The molecular weight excluding hydrogens is 385 g/mol. The van der Waals surface area contributed by atoms with Crippen molar-refractivity contribution >= 4 is 39.5 Å². The zero-order valence-corrected chi connectivity index (χ0v) is 15.2.